The van der Waals surface area contributed by atoms with Crippen LogP contribution < -0.4 is 10.2 Å². The molecule has 1 aliphatic rings. The first-order chi connectivity index (χ1) is 12.0. The Balaban J connectivity index is 1.58. The second-order valence-corrected chi connectivity index (χ2v) is 7.82. The molecule has 0 atom stereocenters. The lowest BCUT2D eigenvalue weighted by Gasteiger charge is -2.19. The molecule has 0 radical (unpaired) electrons. The zero-order chi connectivity index (χ0) is 17.8. The number of aryl methyl sites for hydroxylation is 3. The molecule has 3 nitrogen and oxygen atoms in total. The summed E-state index contributed by atoms with van der Waals surface area (Å²) in [6.45, 7) is 8.51. The minimum absolute atomic E-state index is 0.0435. The van der Waals surface area contributed by atoms with Gasteiger partial charge in [0.05, 0.1) is 5.75 Å². The largest absolute Gasteiger partial charge is 0.372 e. The van der Waals surface area contributed by atoms with Crippen LogP contribution in [-0.4, -0.2) is 24.7 Å². The van der Waals surface area contributed by atoms with Gasteiger partial charge in [-0.1, -0.05) is 17.7 Å². The van der Waals surface area contributed by atoms with Crippen LogP contribution >= 0.6 is 11.8 Å². The summed E-state index contributed by atoms with van der Waals surface area (Å²) < 4.78 is 0. The summed E-state index contributed by atoms with van der Waals surface area (Å²) >= 11 is 1.59. The Bertz CT molecular complexity index is 766. The third-order valence-electron chi connectivity index (χ3n) is 4.64. The van der Waals surface area contributed by atoms with Crippen molar-refractivity contribution in [2.75, 3.05) is 29.1 Å². The van der Waals surface area contributed by atoms with Crippen molar-refractivity contribution < 1.29 is 4.79 Å². The number of rotatable bonds is 5. The number of carbonyl (C=O) groups excluding carboxylic acids is 1. The highest BCUT2D eigenvalue weighted by Crippen LogP contribution is 2.27. The molecule has 0 aliphatic carbocycles. The number of hydrogen-bond acceptors (Lipinski definition) is 3. The lowest BCUT2D eigenvalue weighted by molar-refractivity contribution is -0.113. The van der Waals surface area contributed by atoms with E-state index >= 15 is 0 Å². The molecule has 2 aromatic carbocycles. The predicted octanol–water partition coefficient (Wildman–Crippen LogP) is 4.94. The first-order valence-electron chi connectivity index (χ1n) is 8.88. The standard InChI is InChI=1S/C21H26N2OS/c1-15-6-9-20(17(3)12-15)25-14-21(24)22-19-8-7-18(13-16(19)2)23-10-4-5-11-23/h6-9,12-13H,4-5,10-11,14H2,1-3H3,(H,22,24). The van der Waals surface area contributed by atoms with E-state index in [0.717, 1.165) is 24.3 Å². The van der Waals surface area contributed by atoms with E-state index in [0.29, 0.717) is 5.75 Å². The minimum atomic E-state index is 0.0435. The van der Waals surface area contributed by atoms with Crippen molar-refractivity contribution in [3.8, 4) is 0 Å². The van der Waals surface area contributed by atoms with Crippen LogP contribution in [0.15, 0.2) is 41.3 Å². The second kappa shape index (κ2) is 7.96. The number of benzene rings is 2. The molecule has 132 valence electrons. The minimum Gasteiger partial charge on any atom is -0.372 e. The van der Waals surface area contributed by atoms with Gasteiger partial charge < -0.3 is 10.2 Å². The van der Waals surface area contributed by atoms with E-state index in [1.807, 2.05) is 6.07 Å². The van der Waals surface area contributed by atoms with Crippen LogP contribution in [0.2, 0.25) is 0 Å². The molecular weight excluding hydrogens is 328 g/mol. The van der Waals surface area contributed by atoms with Crippen LogP contribution in [0.5, 0.6) is 0 Å². The molecule has 4 heteroatoms. The van der Waals surface area contributed by atoms with E-state index in [9.17, 15) is 4.79 Å². The van der Waals surface area contributed by atoms with Crippen LogP contribution in [0.1, 0.15) is 29.5 Å². The van der Waals surface area contributed by atoms with Crippen molar-refractivity contribution in [3.63, 3.8) is 0 Å². The van der Waals surface area contributed by atoms with Gasteiger partial charge in [0.2, 0.25) is 5.91 Å². The molecule has 0 spiro atoms. The van der Waals surface area contributed by atoms with Crippen molar-refractivity contribution in [1.82, 2.24) is 0 Å². The molecule has 25 heavy (non-hydrogen) atoms. The number of thioether (sulfide) groups is 1. The molecule has 0 bridgehead atoms. The van der Waals surface area contributed by atoms with Crippen molar-refractivity contribution in [2.45, 2.75) is 38.5 Å². The van der Waals surface area contributed by atoms with Crippen molar-refractivity contribution in [3.05, 3.63) is 53.1 Å². The van der Waals surface area contributed by atoms with E-state index in [2.05, 4.69) is 61.3 Å². The lowest BCUT2D eigenvalue weighted by Crippen LogP contribution is -2.18. The quantitative estimate of drug-likeness (QED) is 0.772. The molecule has 0 unspecified atom stereocenters. The first kappa shape index (κ1) is 17.9. The van der Waals surface area contributed by atoms with E-state index in [4.69, 9.17) is 0 Å². The third kappa shape index (κ3) is 4.57. The van der Waals surface area contributed by atoms with Crippen LogP contribution in [0.4, 0.5) is 11.4 Å². The number of nitrogens with zero attached hydrogens (tertiary/aromatic N) is 1. The maximum absolute atomic E-state index is 12.3. The van der Waals surface area contributed by atoms with E-state index < -0.39 is 0 Å². The Morgan fingerprint density at radius 2 is 1.80 bits per heavy atom. The Labute approximate surface area is 154 Å². The van der Waals surface area contributed by atoms with Gasteiger partial charge in [-0.3, -0.25) is 4.79 Å². The highest BCUT2D eigenvalue weighted by atomic mass is 32.2. The van der Waals surface area contributed by atoms with E-state index in [-0.39, 0.29) is 5.91 Å². The van der Waals surface area contributed by atoms with Gasteiger partial charge in [0.15, 0.2) is 0 Å². The van der Waals surface area contributed by atoms with Crippen LogP contribution in [0.25, 0.3) is 0 Å². The zero-order valence-corrected chi connectivity index (χ0v) is 16.1. The Morgan fingerprint density at radius 1 is 1.04 bits per heavy atom. The maximum atomic E-state index is 12.3. The zero-order valence-electron chi connectivity index (χ0n) is 15.3. The molecule has 1 saturated heterocycles. The number of carbonyl (C=O) groups is 1. The molecule has 2 aromatic rings. The summed E-state index contributed by atoms with van der Waals surface area (Å²) in [6.07, 6.45) is 2.54. The average Bonchev–Trinajstić information content (AvgIpc) is 3.10. The summed E-state index contributed by atoms with van der Waals surface area (Å²) in [4.78, 5) is 15.9. The fraction of sp³-hybridized carbons (Fsp3) is 0.381. The first-order valence-corrected chi connectivity index (χ1v) is 9.87. The Morgan fingerprint density at radius 3 is 2.48 bits per heavy atom. The molecule has 1 heterocycles. The number of amides is 1. The van der Waals surface area contributed by atoms with Gasteiger partial charge in [0, 0.05) is 29.4 Å². The van der Waals surface area contributed by atoms with E-state index in [1.54, 1.807) is 11.8 Å². The summed E-state index contributed by atoms with van der Waals surface area (Å²) in [5.41, 5.74) is 5.77. The number of hydrogen-bond donors (Lipinski definition) is 1. The Hall–Kier alpha value is -1.94. The third-order valence-corrected chi connectivity index (χ3v) is 5.82. The molecule has 3 rings (SSSR count). The summed E-state index contributed by atoms with van der Waals surface area (Å²) in [7, 11) is 0. The normalized spacial score (nSPS) is 14.0. The van der Waals surface area contributed by atoms with Crippen LogP contribution in [0, 0.1) is 20.8 Å². The predicted molar refractivity (Wildman–Crippen MR) is 108 cm³/mol. The topological polar surface area (TPSA) is 32.3 Å². The lowest BCUT2D eigenvalue weighted by atomic mass is 10.1. The van der Waals surface area contributed by atoms with Crippen molar-refractivity contribution >= 4 is 29.0 Å². The van der Waals surface area contributed by atoms with Gasteiger partial charge in [-0.25, -0.2) is 0 Å². The second-order valence-electron chi connectivity index (χ2n) is 6.80. The van der Waals surface area contributed by atoms with Gasteiger partial charge in [0.1, 0.15) is 0 Å². The van der Waals surface area contributed by atoms with Crippen molar-refractivity contribution in [1.29, 1.82) is 0 Å². The fourth-order valence-corrected chi connectivity index (χ4v) is 4.06. The van der Waals surface area contributed by atoms with Gasteiger partial charge in [-0.05, 0) is 69.0 Å². The highest BCUT2D eigenvalue weighted by Gasteiger charge is 2.14. The molecular formula is C21H26N2OS. The maximum Gasteiger partial charge on any atom is 0.234 e. The number of nitrogens with one attached hydrogen (secondary N) is 1. The molecule has 1 fully saturated rings. The molecule has 1 amide bonds. The fourth-order valence-electron chi connectivity index (χ4n) is 3.25. The molecule has 1 N–H and O–H groups in total. The molecule has 0 aromatic heterocycles. The van der Waals surface area contributed by atoms with E-state index in [1.165, 1.54) is 34.6 Å². The summed E-state index contributed by atoms with van der Waals surface area (Å²) in [6, 6.07) is 12.7. The Kier molecular flexibility index (Phi) is 5.69. The molecule has 1 aliphatic heterocycles. The summed E-state index contributed by atoms with van der Waals surface area (Å²) in [5.74, 6) is 0.471. The SMILES string of the molecule is Cc1ccc(SCC(=O)Nc2ccc(N3CCCC3)cc2C)c(C)c1. The monoisotopic (exact) mass is 354 g/mol. The smallest absolute Gasteiger partial charge is 0.234 e. The average molecular weight is 355 g/mol. The molecule has 0 saturated carbocycles. The van der Waals surface area contributed by atoms with Gasteiger partial charge >= 0.3 is 0 Å². The van der Waals surface area contributed by atoms with Gasteiger partial charge in [0.25, 0.3) is 0 Å². The van der Waals surface area contributed by atoms with Gasteiger partial charge in [-0.2, -0.15) is 0 Å². The van der Waals surface area contributed by atoms with Gasteiger partial charge in [-0.15, -0.1) is 11.8 Å². The highest BCUT2D eigenvalue weighted by molar-refractivity contribution is 8.00. The summed E-state index contributed by atoms with van der Waals surface area (Å²) in [5, 5.41) is 3.05. The van der Waals surface area contributed by atoms with Crippen molar-refractivity contribution in [2.24, 2.45) is 0 Å². The van der Waals surface area contributed by atoms with Crippen LogP contribution in [-0.2, 0) is 4.79 Å². The number of anilines is 2. The van der Waals surface area contributed by atoms with Crippen LogP contribution in [0.3, 0.4) is 0 Å².